The molecule has 5 heteroatoms. The summed E-state index contributed by atoms with van der Waals surface area (Å²) in [5.74, 6) is -2.20. The molecule has 1 aliphatic heterocycles. The van der Waals surface area contributed by atoms with Crippen LogP contribution < -0.4 is 5.32 Å². The van der Waals surface area contributed by atoms with E-state index >= 15 is 0 Å². The number of nitrogens with one attached hydrogen (secondary N) is 1. The van der Waals surface area contributed by atoms with Crippen LogP contribution in [-0.2, 0) is 0 Å². The maximum absolute atomic E-state index is 13.5. The van der Waals surface area contributed by atoms with Crippen molar-refractivity contribution in [2.45, 2.75) is 19.8 Å². The van der Waals surface area contributed by atoms with E-state index in [1.54, 1.807) is 0 Å². The van der Waals surface area contributed by atoms with Gasteiger partial charge in [0.15, 0.2) is 11.6 Å². The summed E-state index contributed by atoms with van der Waals surface area (Å²) in [6.45, 7) is 5.77. The number of benzene rings is 1. The lowest BCUT2D eigenvalue weighted by atomic mass is 9.96. The minimum absolute atomic E-state index is 0.226. The van der Waals surface area contributed by atoms with Crippen molar-refractivity contribution < 1.29 is 13.6 Å². The molecule has 0 radical (unpaired) electrons. The van der Waals surface area contributed by atoms with Crippen molar-refractivity contribution in [3.8, 4) is 0 Å². The number of nitrogens with zero attached hydrogens (tertiary/aromatic N) is 1. The van der Waals surface area contributed by atoms with E-state index in [1.165, 1.54) is 12.1 Å². The number of rotatable bonds is 4. The van der Waals surface area contributed by atoms with Crippen molar-refractivity contribution in [1.29, 1.82) is 0 Å². The van der Waals surface area contributed by atoms with E-state index in [0.717, 1.165) is 38.5 Å². The molecule has 1 fully saturated rings. The van der Waals surface area contributed by atoms with Crippen LogP contribution in [0.5, 0.6) is 0 Å². The maximum Gasteiger partial charge on any atom is 0.254 e. The fraction of sp³-hybridized carbons (Fsp3) is 0.533. The average molecular weight is 282 g/mol. The smallest absolute Gasteiger partial charge is 0.254 e. The van der Waals surface area contributed by atoms with Gasteiger partial charge in [-0.25, -0.2) is 8.78 Å². The van der Waals surface area contributed by atoms with Crippen molar-refractivity contribution in [1.82, 2.24) is 10.2 Å². The Labute approximate surface area is 118 Å². The first kappa shape index (κ1) is 14.9. The van der Waals surface area contributed by atoms with Crippen LogP contribution in [-0.4, -0.2) is 37.0 Å². The summed E-state index contributed by atoms with van der Waals surface area (Å²) in [5.41, 5.74) is -0.226. The predicted octanol–water partition coefficient (Wildman–Crippen LogP) is 2.43. The molecule has 1 N–H and O–H groups in total. The van der Waals surface area contributed by atoms with E-state index in [-0.39, 0.29) is 5.56 Å². The van der Waals surface area contributed by atoms with Crippen molar-refractivity contribution in [3.63, 3.8) is 0 Å². The number of piperidine rings is 1. The second-order valence-electron chi connectivity index (χ2n) is 5.19. The molecule has 2 rings (SSSR count). The van der Waals surface area contributed by atoms with Gasteiger partial charge in [-0.15, -0.1) is 0 Å². The minimum Gasteiger partial charge on any atom is -0.352 e. The van der Waals surface area contributed by atoms with Gasteiger partial charge < -0.3 is 10.2 Å². The summed E-state index contributed by atoms with van der Waals surface area (Å²) in [6.07, 6.45) is 2.06. The molecule has 1 saturated heterocycles. The summed E-state index contributed by atoms with van der Waals surface area (Å²) >= 11 is 0. The highest BCUT2D eigenvalue weighted by molar-refractivity contribution is 5.94. The SMILES string of the molecule is CCN1CCC(CNC(=O)c2cccc(F)c2F)CC1. The first-order valence-corrected chi connectivity index (χ1v) is 7.06. The second-order valence-corrected chi connectivity index (χ2v) is 5.19. The van der Waals surface area contributed by atoms with Crippen molar-refractivity contribution in [2.75, 3.05) is 26.2 Å². The van der Waals surface area contributed by atoms with Crippen molar-refractivity contribution in [2.24, 2.45) is 5.92 Å². The minimum atomic E-state index is -1.08. The van der Waals surface area contributed by atoms with Gasteiger partial charge in [-0.3, -0.25) is 4.79 Å². The van der Waals surface area contributed by atoms with Gasteiger partial charge >= 0.3 is 0 Å². The molecular weight excluding hydrogens is 262 g/mol. The summed E-state index contributed by atoms with van der Waals surface area (Å²) in [7, 11) is 0. The third kappa shape index (κ3) is 3.54. The van der Waals surface area contributed by atoms with Crippen LogP contribution in [0.4, 0.5) is 8.78 Å². The molecule has 1 amide bonds. The highest BCUT2D eigenvalue weighted by Gasteiger charge is 2.20. The molecule has 1 aliphatic rings. The molecule has 0 spiro atoms. The zero-order valence-corrected chi connectivity index (χ0v) is 11.7. The van der Waals surface area contributed by atoms with E-state index in [4.69, 9.17) is 0 Å². The lowest BCUT2D eigenvalue weighted by Gasteiger charge is -2.31. The molecule has 20 heavy (non-hydrogen) atoms. The number of carbonyl (C=O) groups is 1. The van der Waals surface area contributed by atoms with E-state index in [2.05, 4.69) is 17.1 Å². The molecule has 0 saturated carbocycles. The van der Waals surface area contributed by atoms with Gasteiger partial charge in [0.2, 0.25) is 0 Å². The molecule has 3 nitrogen and oxygen atoms in total. The van der Waals surface area contributed by atoms with Crippen molar-refractivity contribution >= 4 is 5.91 Å². The number of halogens is 2. The normalized spacial score (nSPS) is 17.1. The first-order valence-electron chi connectivity index (χ1n) is 7.06. The Hall–Kier alpha value is -1.49. The van der Waals surface area contributed by atoms with Gasteiger partial charge in [-0.2, -0.15) is 0 Å². The zero-order valence-electron chi connectivity index (χ0n) is 11.7. The zero-order chi connectivity index (χ0) is 14.5. The molecule has 1 heterocycles. The molecule has 0 aromatic heterocycles. The van der Waals surface area contributed by atoms with Gasteiger partial charge in [-0.1, -0.05) is 13.0 Å². The third-order valence-corrected chi connectivity index (χ3v) is 3.90. The van der Waals surface area contributed by atoms with Crippen LogP contribution in [0.3, 0.4) is 0 Å². The second kappa shape index (κ2) is 6.79. The van der Waals surface area contributed by atoms with Gasteiger partial charge in [-0.05, 0) is 50.5 Å². The number of likely N-dealkylation sites (tertiary alicyclic amines) is 1. The third-order valence-electron chi connectivity index (χ3n) is 3.90. The summed E-state index contributed by atoms with van der Waals surface area (Å²) in [5, 5.41) is 2.71. The van der Waals surface area contributed by atoms with Gasteiger partial charge in [0, 0.05) is 6.54 Å². The number of carbonyl (C=O) groups excluding carboxylic acids is 1. The fourth-order valence-electron chi connectivity index (χ4n) is 2.52. The number of hydrogen-bond acceptors (Lipinski definition) is 2. The molecule has 0 aliphatic carbocycles. The number of hydrogen-bond donors (Lipinski definition) is 1. The number of amides is 1. The van der Waals surface area contributed by atoms with Crippen LogP contribution in [0.25, 0.3) is 0 Å². The monoisotopic (exact) mass is 282 g/mol. The van der Waals surface area contributed by atoms with Gasteiger partial charge in [0.1, 0.15) is 0 Å². The Morgan fingerprint density at radius 1 is 1.35 bits per heavy atom. The highest BCUT2D eigenvalue weighted by atomic mass is 19.2. The summed E-state index contributed by atoms with van der Waals surface area (Å²) in [4.78, 5) is 14.2. The van der Waals surface area contributed by atoms with E-state index in [0.29, 0.717) is 12.5 Å². The molecule has 1 aromatic rings. The molecule has 0 atom stereocenters. The molecule has 1 aromatic carbocycles. The van der Waals surface area contributed by atoms with E-state index < -0.39 is 17.5 Å². The van der Waals surface area contributed by atoms with Crippen molar-refractivity contribution in [3.05, 3.63) is 35.4 Å². The van der Waals surface area contributed by atoms with Crippen LogP contribution in [0.15, 0.2) is 18.2 Å². The first-order chi connectivity index (χ1) is 9.61. The standard InChI is InChI=1S/C15H20F2N2O/c1-2-19-8-6-11(7-9-19)10-18-15(20)12-4-3-5-13(16)14(12)17/h3-5,11H,2,6-10H2,1H3,(H,18,20). The quantitative estimate of drug-likeness (QED) is 0.920. The largest absolute Gasteiger partial charge is 0.352 e. The summed E-state index contributed by atoms with van der Waals surface area (Å²) < 4.78 is 26.5. The van der Waals surface area contributed by atoms with E-state index in [1.807, 2.05) is 0 Å². The summed E-state index contributed by atoms with van der Waals surface area (Å²) in [6, 6.07) is 3.65. The van der Waals surface area contributed by atoms with Gasteiger partial charge in [0.25, 0.3) is 5.91 Å². The van der Waals surface area contributed by atoms with Crippen LogP contribution in [0.2, 0.25) is 0 Å². The Bertz CT molecular complexity index is 471. The van der Waals surface area contributed by atoms with Crippen LogP contribution in [0.1, 0.15) is 30.1 Å². The Kier molecular flexibility index (Phi) is 5.06. The molecular formula is C15H20F2N2O. The Balaban J connectivity index is 1.85. The average Bonchev–Trinajstić information content (AvgIpc) is 2.48. The lowest BCUT2D eigenvalue weighted by molar-refractivity contribution is 0.0932. The Morgan fingerprint density at radius 2 is 2.05 bits per heavy atom. The lowest BCUT2D eigenvalue weighted by Crippen LogP contribution is -2.38. The topological polar surface area (TPSA) is 32.3 Å². The predicted molar refractivity (Wildman–Crippen MR) is 73.5 cm³/mol. The molecule has 110 valence electrons. The molecule has 0 bridgehead atoms. The molecule has 0 unspecified atom stereocenters. The highest BCUT2D eigenvalue weighted by Crippen LogP contribution is 2.16. The fourth-order valence-corrected chi connectivity index (χ4v) is 2.52. The van der Waals surface area contributed by atoms with Gasteiger partial charge in [0.05, 0.1) is 5.56 Å². The maximum atomic E-state index is 13.5. The Morgan fingerprint density at radius 3 is 2.70 bits per heavy atom. The van der Waals surface area contributed by atoms with E-state index in [9.17, 15) is 13.6 Å². The van der Waals surface area contributed by atoms with Crippen LogP contribution in [0, 0.1) is 17.6 Å². The van der Waals surface area contributed by atoms with Crippen LogP contribution >= 0.6 is 0 Å².